The number of hydrogen-bond acceptors (Lipinski definition) is 7. The van der Waals surface area contributed by atoms with Crippen LogP contribution in [0.25, 0.3) is 11.1 Å². The third-order valence-electron chi connectivity index (χ3n) is 7.03. The van der Waals surface area contributed by atoms with Crippen molar-refractivity contribution >= 4 is 17.5 Å². The summed E-state index contributed by atoms with van der Waals surface area (Å²) in [5, 5.41) is 8.92. The second-order valence-electron chi connectivity index (χ2n) is 9.65. The van der Waals surface area contributed by atoms with Crippen LogP contribution in [-0.2, 0) is 16.0 Å². The van der Waals surface area contributed by atoms with Gasteiger partial charge in [0, 0.05) is 12.5 Å². The predicted octanol–water partition coefficient (Wildman–Crippen LogP) is 4.15. The number of carbonyl (C=O) groups is 2. The van der Waals surface area contributed by atoms with Crippen molar-refractivity contribution in [2.45, 2.75) is 38.8 Å². The number of carbonyl (C=O) groups excluding carboxylic acids is 2. The van der Waals surface area contributed by atoms with Crippen molar-refractivity contribution in [1.29, 1.82) is 0 Å². The fourth-order valence-corrected chi connectivity index (χ4v) is 5.15. The summed E-state index contributed by atoms with van der Waals surface area (Å²) < 4.78 is 17.0. The molecule has 3 aromatic carbocycles. The van der Waals surface area contributed by atoms with E-state index in [9.17, 15) is 14.4 Å². The Morgan fingerprint density at radius 2 is 1.70 bits per heavy atom. The molecule has 0 heterocycles. The molecule has 0 spiro atoms. The SMILES string of the molecule is COc1cc2c(c(OC)c1OC)-c1ccc(NCC(=O)NC(C)c3ccccc3)c(=O)cc1[C@@H](NC(C)=O)CC2. The summed E-state index contributed by atoms with van der Waals surface area (Å²) in [4.78, 5) is 38.2. The Hall–Kier alpha value is -4.53. The van der Waals surface area contributed by atoms with Crippen LogP contribution in [0, 0.1) is 0 Å². The number of rotatable bonds is 9. The zero-order valence-electron chi connectivity index (χ0n) is 23.4. The molecule has 0 bridgehead atoms. The molecule has 2 amide bonds. The van der Waals surface area contributed by atoms with Gasteiger partial charge >= 0.3 is 0 Å². The second-order valence-corrected chi connectivity index (χ2v) is 9.65. The number of fused-ring (bicyclic) bond motifs is 3. The van der Waals surface area contributed by atoms with Gasteiger partial charge in [-0.25, -0.2) is 0 Å². The van der Waals surface area contributed by atoms with Gasteiger partial charge in [-0.3, -0.25) is 14.4 Å². The van der Waals surface area contributed by atoms with E-state index in [4.69, 9.17) is 14.2 Å². The minimum atomic E-state index is -0.412. The van der Waals surface area contributed by atoms with Gasteiger partial charge in [-0.1, -0.05) is 36.4 Å². The van der Waals surface area contributed by atoms with Crippen LogP contribution < -0.4 is 35.6 Å². The summed E-state index contributed by atoms with van der Waals surface area (Å²) in [6, 6.07) is 16.0. The van der Waals surface area contributed by atoms with Gasteiger partial charge in [0.25, 0.3) is 0 Å². The van der Waals surface area contributed by atoms with Crippen LogP contribution in [0.15, 0.2) is 59.4 Å². The number of benzene rings is 2. The Labute approximate surface area is 233 Å². The van der Waals surface area contributed by atoms with Crippen molar-refractivity contribution in [3.05, 3.63) is 81.5 Å². The zero-order chi connectivity index (χ0) is 28.8. The lowest BCUT2D eigenvalue weighted by molar-refractivity contribution is -0.120. The molecular formula is C31H35N3O6. The first-order valence-electron chi connectivity index (χ1n) is 13.1. The average molecular weight is 546 g/mol. The minimum Gasteiger partial charge on any atom is -0.493 e. The normalized spacial score (nSPS) is 14.5. The molecule has 2 atom stereocenters. The number of hydrogen-bond donors (Lipinski definition) is 3. The fourth-order valence-electron chi connectivity index (χ4n) is 5.15. The molecule has 0 fully saturated rings. The molecule has 3 N–H and O–H groups in total. The van der Waals surface area contributed by atoms with Gasteiger partial charge in [-0.2, -0.15) is 0 Å². The molecule has 9 heteroatoms. The first-order valence-corrected chi connectivity index (χ1v) is 13.1. The van der Waals surface area contributed by atoms with E-state index in [-0.39, 0.29) is 35.5 Å². The molecule has 1 unspecified atom stereocenters. The first-order chi connectivity index (χ1) is 19.3. The summed E-state index contributed by atoms with van der Waals surface area (Å²) in [5.41, 5.74) is 4.02. The number of aryl methyl sites for hydroxylation is 1. The Kier molecular flexibility index (Phi) is 8.93. The maximum atomic E-state index is 13.4. The van der Waals surface area contributed by atoms with Crippen molar-refractivity contribution in [1.82, 2.24) is 10.6 Å². The van der Waals surface area contributed by atoms with E-state index in [2.05, 4.69) is 16.0 Å². The first kappa shape index (κ1) is 28.5. The zero-order valence-corrected chi connectivity index (χ0v) is 23.4. The minimum absolute atomic E-state index is 0.0822. The van der Waals surface area contributed by atoms with Crippen LogP contribution in [0.3, 0.4) is 0 Å². The number of ether oxygens (including phenoxy) is 3. The van der Waals surface area contributed by atoms with Crippen LogP contribution in [0.5, 0.6) is 17.2 Å². The van der Waals surface area contributed by atoms with Crippen molar-refractivity contribution in [3.8, 4) is 28.4 Å². The van der Waals surface area contributed by atoms with Crippen LogP contribution in [0.1, 0.15) is 49.0 Å². The molecule has 4 rings (SSSR count). The topological polar surface area (TPSA) is 115 Å². The van der Waals surface area contributed by atoms with E-state index in [0.29, 0.717) is 35.7 Å². The smallest absolute Gasteiger partial charge is 0.239 e. The molecule has 40 heavy (non-hydrogen) atoms. The Balaban J connectivity index is 1.73. The van der Waals surface area contributed by atoms with E-state index < -0.39 is 6.04 Å². The molecule has 1 aliphatic rings. The van der Waals surface area contributed by atoms with E-state index >= 15 is 0 Å². The third-order valence-corrected chi connectivity index (χ3v) is 7.03. The molecule has 1 aliphatic carbocycles. The lowest BCUT2D eigenvalue weighted by Gasteiger charge is -2.19. The molecule has 9 nitrogen and oxygen atoms in total. The number of methoxy groups -OCH3 is 3. The van der Waals surface area contributed by atoms with Gasteiger partial charge in [-0.05, 0) is 60.2 Å². The maximum Gasteiger partial charge on any atom is 0.239 e. The average Bonchev–Trinajstić information content (AvgIpc) is 3.19. The lowest BCUT2D eigenvalue weighted by atomic mass is 9.95. The van der Waals surface area contributed by atoms with Gasteiger partial charge in [0.1, 0.15) is 0 Å². The van der Waals surface area contributed by atoms with E-state index in [1.54, 1.807) is 20.3 Å². The molecule has 3 aromatic rings. The third kappa shape index (κ3) is 6.03. The molecule has 210 valence electrons. The van der Waals surface area contributed by atoms with E-state index in [1.807, 2.05) is 49.4 Å². The largest absolute Gasteiger partial charge is 0.493 e. The number of nitrogens with one attached hydrogen (secondary N) is 3. The van der Waals surface area contributed by atoms with Gasteiger partial charge < -0.3 is 30.2 Å². The molecule has 0 aromatic heterocycles. The maximum absolute atomic E-state index is 13.4. The predicted molar refractivity (Wildman–Crippen MR) is 154 cm³/mol. The molecular weight excluding hydrogens is 510 g/mol. The summed E-state index contributed by atoms with van der Waals surface area (Å²) >= 11 is 0. The Bertz CT molecular complexity index is 1460. The Morgan fingerprint density at radius 3 is 2.35 bits per heavy atom. The van der Waals surface area contributed by atoms with Crippen LogP contribution in [0.4, 0.5) is 5.69 Å². The quantitative estimate of drug-likeness (QED) is 0.370. The van der Waals surface area contributed by atoms with Gasteiger partial charge in [0.2, 0.25) is 23.0 Å². The summed E-state index contributed by atoms with van der Waals surface area (Å²) in [5.74, 6) is 0.989. The monoisotopic (exact) mass is 545 g/mol. The fraction of sp³-hybridized carbons (Fsp3) is 0.323. The molecule has 0 saturated heterocycles. The van der Waals surface area contributed by atoms with Crippen LogP contribution in [-0.4, -0.2) is 39.7 Å². The standard InChI is InChI=1S/C31H35N3O6/c1-18(20-9-7-6-8-10-20)33-28(37)17-32-25-14-12-22-23(16-26(25)36)24(34-19(2)35)13-11-21-15-27(38-3)30(39-4)31(40-5)29(21)22/h6-10,12,14-16,18,24H,11,13,17H2,1-5H3,(H,32,36)(H,33,37)(H,34,35)/t18?,24-/m0/s1. The lowest BCUT2D eigenvalue weighted by Crippen LogP contribution is -2.32. The number of anilines is 1. The molecule has 0 saturated carbocycles. The summed E-state index contributed by atoms with van der Waals surface area (Å²) in [6.45, 7) is 3.27. The van der Waals surface area contributed by atoms with E-state index in [1.165, 1.54) is 20.1 Å². The summed E-state index contributed by atoms with van der Waals surface area (Å²) in [6.07, 6.45) is 1.17. The van der Waals surface area contributed by atoms with Crippen LogP contribution in [0.2, 0.25) is 0 Å². The van der Waals surface area contributed by atoms with Crippen molar-refractivity contribution in [3.63, 3.8) is 0 Å². The molecule has 0 radical (unpaired) electrons. The van der Waals surface area contributed by atoms with E-state index in [0.717, 1.165) is 22.3 Å². The Morgan fingerprint density at radius 1 is 0.975 bits per heavy atom. The van der Waals surface area contributed by atoms with Crippen molar-refractivity contribution in [2.24, 2.45) is 0 Å². The summed E-state index contributed by atoms with van der Waals surface area (Å²) in [7, 11) is 4.65. The highest BCUT2D eigenvalue weighted by molar-refractivity contribution is 5.84. The van der Waals surface area contributed by atoms with Gasteiger partial charge in [0.05, 0.1) is 45.6 Å². The van der Waals surface area contributed by atoms with Crippen LogP contribution >= 0.6 is 0 Å². The van der Waals surface area contributed by atoms with Gasteiger partial charge in [0.15, 0.2) is 11.5 Å². The highest BCUT2D eigenvalue weighted by Crippen LogP contribution is 2.50. The van der Waals surface area contributed by atoms with Crippen molar-refractivity contribution in [2.75, 3.05) is 33.2 Å². The number of amides is 2. The second kappa shape index (κ2) is 12.5. The highest BCUT2D eigenvalue weighted by atomic mass is 16.5. The molecule has 0 aliphatic heterocycles. The van der Waals surface area contributed by atoms with Crippen molar-refractivity contribution < 1.29 is 23.8 Å². The highest BCUT2D eigenvalue weighted by Gasteiger charge is 2.29. The van der Waals surface area contributed by atoms with Gasteiger partial charge in [-0.15, -0.1) is 0 Å².